The van der Waals surface area contributed by atoms with E-state index in [1.54, 1.807) is 6.92 Å². The van der Waals surface area contributed by atoms with Crippen LogP contribution in [0, 0.1) is 12.7 Å². The van der Waals surface area contributed by atoms with Crippen molar-refractivity contribution in [3.8, 4) is 17.1 Å². The zero-order chi connectivity index (χ0) is 20.4. The predicted octanol–water partition coefficient (Wildman–Crippen LogP) is 4.40. The molecule has 4 rings (SSSR count). The third kappa shape index (κ3) is 4.02. The lowest BCUT2D eigenvalue weighted by molar-refractivity contribution is -0.118. The SMILES string of the molecule is Cc1nc(OCC(=O)Nc2ccc(F)cc2Cl)c2c(-c3ccccc3)noc2n1. The number of carbonyl (C=O) groups is 1. The number of carbonyl (C=O) groups excluding carboxylic acids is 1. The van der Waals surface area contributed by atoms with Gasteiger partial charge in [0.25, 0.3) is 11.6 Å². The summed E-state index contributed by atoms with van der Waals surface area (Å²) in [6.07, 6.45) is 0. The average molecular weight is 413 g/mol. The maximum Gasteiger partial charge on any atom is 0.265 e. The minimum absolute atomic E-state index is 0.0871. The molecule has 0 aliphatic carbocycles. The third-order valence-electron chi connectivity index (χ3n) is 4.01. The Hall–Kier alpha value is -3.52. The van der Waals surface area contributed by atoms with Crippen LogP contribution in [-0.2, 0) is 4.79 Å². The maximum atomic E-state index is 13.1. The van der Waals surface area contributed by atoms with Crippen LogP contribution in [0.4, 0.5) is 10.1 Å². The van der Waals surface area contributed by atoms with Gasteiger partial charge >= 0.3 is 0 Å². The molecule has 0 radical (unpaired) electrons. The molecule has 29 heavy (non-hydrogen) atoms. The molecule has 0 aliphatic heterocycles. The molecular formula is C20H14ClFN4O3. The molecule has 0 unspecified atom stereocenters. The number of rotatable bonds is 5. The molecule has 9 heteroatoms. The summed E-state index contributed by atoms with van der Waals surface area (Å²) >= 11 is 5.93. The second-order valence-corrected chi connectivity index (χ2v) is 6.52. The molecule has 1 amide bonds. The van der Waals surface area contributed by atoms with Gasteiger partial charge in [0.1, 0.15) is 22.7 Å². The molecule has 0 atom stereocenters. The number of halogens is 2. The fourth-order valence-electron chi connectivity index (χ4n) is 2.73. The van der Waals surface area contributed by atoms with Crippen LogP contribution >= 0.6 is 11.6 Å². The standard InChI is InChI=1S/C20H14ClFN4O3/c1-11-23-19(28-10-16(27)25-15-8-7-13(22)9-14(15)21)17-18(26-29-20(17)24-11)12-5-3-2-4-6-12/h2-9H,10H2,1H3,(H,25,27). The molecule has 2 aromatic carbocycles. The van der Waals surface area contributed by atoms with Crippen LogP contribution < -0.4 is 10.1 Å². The van der Waals surface area contributed by atoms with Gasteiger partial charge < -0.3 is 14.6 Å². The predicted molar refractivity (Wildman–Crippen MR) is 105 cm³/mol. The highest BCUT2D eigenvalue weighted by molar-refractivity contribution is 6.33. The zero-order valence-electron chi connectivity index (χ0n) is 15.1. The first kappa shape index (κ1) is 18.8. The topological polar surface area (TPSA) is 90.1 Å². The van der Waals surface area contributed by atoms with E-state index in [1.165, 1.54) is 12.1 Å². The molecule has 0 saturated heterocycles. The van der Waals surface area contributed by atoms with Gasteiger partial charge in [-0.15, -0.1) is 0 Å². The zero-order valence-corrected chi connectivity index (χ0v) is 15.9. The van der Waals surface area contributed by atoms with Gasteiger partial charge in [-0.25, -0.2) is 4.39 Å². The highest BCUT2D eigenvalue weighted by atomic mass is 35.5. The molecule has 7 nitrogen and oxygen atoms in total. The van der Waals surface area contributed by atoms with E-state index in [0.29, 0.717) is 16.9 Å². The van der Waals surface area contributed by atoms with Crippen molar-refractivity contribution in [2.24, 2.45) is 0 Å². The molecule has 2 heterocycles. The highest BCUT2D eigenvalue weighted by Gasteiger charge is 2.20. The molecule has 0 saturated carbocycles. The number of anilines is 1. The highest BCUT2D eigenvalue weighted by Crippen LogP contribution is 2.33. The first-order chi connectivity index (χ1) is 14.0. The van der Waals surface area contributed by atoms with Gasteiger partial charge in [-0.2, -0.15) is 9.97 Å². The number of hydrogen-bond donors (Lipinski definition) is 1. The summed E-state index contributed by atoms with van der Waals surface area (Å²) in [6, 6.07) is 13.0. The molecule has 146 valence electrons. The molecule has 0 spiro atoms. The third-order valence-corrected chi connectivity index (χ3v) is 4.32. The van der Waals surface area contributed by atoms with Crippen LogP contribution in [0.15, 0.2) is 53.1 Å². The molecule has 1 N–H and O–H groups in total. The Morgan fingerprint density at radius 2 is 2.00 bits per heavy atom. The van der Waals surface area contributed by atoms with Crippen LogP contribution in [0.2, 0.25) is 5.02 Å². The smallest absolute Gasteiger partial charge is 0.265 e. The number of nitrogens with one attached hydrogen (secondary N) is 1. The Bertz CT molecular complexity index is 1200. The molecular weight excluding hydrogens is 399 g/mol. The van der Waals surface area contributed by atoms with Crippen LogP contribution in [0.25, 0.3) is 22.4 Å². The summed E-state index contributed by atoms with van der Waals surface area (Å²) in [5.74, 6) is -0.400. The van der Waals surface area contributed by atoms with E-state index in [0.717, 1.165) is 11.6 Å². The number of nitrogens with zero attached hydrogens (tertiary/aromatic N) is 3. The first-order valence-corrected chi connectivity index (χ1v) is 8.96. The second kappa shape index (κ2) is 7.84. The number of hydrogen-bond acceptors (Lipinski definition) is 6. The van der Waals surface area contributed by atoms with Gasteiger partial charge in [0, 0.05) is 5.56 Å². The number of ether oxygens (including phenoxy) is 1. The Morgan fingerprint density at radius 1 is 1.21 bits per heavy atom. The van der Waals surface area contributed by atoms with Gasteiger partial charge in [-0.1, -0.05) is 47.1 Å². The van der Waals surface area contributed by atoms with Crippen molar-refractivity contribution in [3.63, 3.8) is 0 Å². The van der Waals surface area contributed by atoms with E-state index >= 15 is 0 Å². The van der Waals surface area contributed by atoms with E-state index in [9.17, 15) is 9.18 Å². The van der Waals surface area contributed by atoms with Gasteiger partial charge in [0.2, 0.25) is 5.88 Å². The van der Waals surface area contributed by atoms with Crippen molar-refractivity contribution < 1.29 is 18.4 Å². The van der Waals surface area contributed by atoms with E-state index in [-0.39, 0.29) is 28.9 Å². The molecule has 0 bridgehead atoms. The summed E-state index contributed by atoms with van der Waals surface area (Å²) in [5.41, 5.74) is 1.85. The quantitative estimate of drug-likeness (QED) is 0.522. The lowest BCUT2D eigenvalue weighted by atomic mass is 10.1. The summed E-state index contributed by atoms with van der Waals surface area (Å²) in [5, 5.41) is 7.19. The second-order valence-electron chi connectivity index (χ2n) is 6.11. The summed E-state index contributed by atoms with van der Waals surface area (Å²) in [6.45, 7) is 1.33. The number of fused-ring (bicyclic) bond motifs is 1. The average Bonchev–Trinajstić information content (AvgIpc) is 3.13. The minimum atomic E-state index is -0.496. The van der Waals surface area contributed by atoms with Crippen LogP contribution in [0.3, 0.4) is 0 Å². The Kier molecular flexibility index (Phi) is 5.09. The number of aryl methyl sites for hydroxylation is 1. The lowest BCUT2D eigenvalue weighted by Gasteiger charge is -2.09. The van der Waals surface area contributed by atoms with E-state index in [1.807, 2.05) is 30.3 Å². The van der Waals surface area contributed by atoms with Crippen molar-refractivity contribution in [2.75, 3.05) is 11.9 Å². The van der Waals surface area contributed by atoms with Crippen LogP contribution in [0.5, 0.6) is 5.88 Å². The van der Waals surface area contributed by atoms with Crippen LogP contribution in [-0.4, -0.2) is 27.6 Å². The Balaban J connectivity index is 1.59. The summed E-state index contributed by atoms with van der Waals surface area (Å²) < 4.78 is 24.1. The minimum Gasteiger partial charge on any atom is -0.467 e. The fraction of sp³-hybridized carbons (Fsp3) is 0.100. The molecule has 0 fully saturated rings. The monoisotopic (exact) mass is 412 g/mol. The normalized spacial score (nSPS) is 10.9. The van der Waals surface area contributed by atoms with Crippen molar-refractivity contribution in [1.82, 2.24) is 15.1 Å². The van der Waals surface area contributed by atoms with E-state index in [4.69, 9.17) is 20.9 Å². The van der Waals surface area contributed by atoms with Gasteiger partial charge in [-0.05, 0) is 25.1 Å². The Morgan fingerprint density at radius 3 is 2.76 bits per heavy atom. The number of aromatic nitrogens is 3. The van der Waals surface area contributed by atoms with Gasteiger partial charge in [0.05, 0.1) is 10.7 Å². The van der Waals surface area contributed by atoms with Crippen LogP contribution in [0.1, 0.15) is 5.82 Å². The Labute approximate surface area is 169 Å². The van der Waals surface area contributed by atoms with E-state index in [2.05, 4.69) is 20.4 Å². The van der Waals surface area contributed by atoms with Gasteiger partial charge in [0.15, 0.2) is 6.61 Å². The molecule has 0 aliphatic rings. The first-order valence-electron chi connectivity index (χ1n) is 8.58. The molecule has 4 aromatic rings. The van der Waals surface area contributed by atoms with E-state index < -0.39 is 11.7 Å². The number of amides is 1. The van der Waals surface area contributed by atoms with Crippen molar-refractivity contribution in [3.05, 3.63) is 65.2 Å². The van der Waals surface area contributed by atoms with Crippen molar-refractivity contribution in [2.45, 2.75) is 6.92 Å². The maximum absolute atomic E-state index is 13.1. The van der Waals surface area contributed by atoms with Crippen molar-refractivity contribution >= 4 is 34.3 Å². The fourth-order valence-corrected chi connectivity index (χ4v) is 2.95. The summed E-state index contributed by atoms with van der Waals surface area (Å²) in [4.78, 5) is 20.8. The molecule has 2 aromatic heterocycles. The van der Waals surface area contributed by atoms with Gasteiger partial charge in [-0.3, -0.25) is 4.79 Å². The number of benzene rings is 2. The largest absolute Gasteiger partial charge is 0.467 e. The van der Waals surface area contributed by atoms with Crippen molar-refractivity contribution in [1.29, 1.82) is 0 Å². The summed E-state index contributed by atoms with van der Waals surface area (Å²) in [7, 11) is 0. The lowest BCUT2D eigenvalue weighted by Crippen LogP contribution is -2.21.